The van der Waals surface area contributed by atoms with Crippen LogP contribution in [0.5, 0.6) is 0 Å². The van der Waals surface area contributed by atoms with Crippen LogP contribution in [0.4, 0.5) is 0 Å². The average Bonchev–Trinajstić information content (AvgIpc) is 2.45. The lowest BCUT2D eigenvalue weighted by Crippen LogP contribution is -2.27. The van der Waals surface area contributed by atoms with Crippen molar-refractivity contribution in [2.75, 3.05) is 13.7 Å². The van der Waals surface area contributed by atoms with Gasteiger partial charge in [-0.1, -0.05) is 63.2 Å². The van der Waals surface area contributed by atoms with Crippen LogP contribution in [0.2, 0.25) is 0 Å². The number of hydrogen-bond acceptors (Lipinski definition) is 2. The first kappa shape index (κ1) is 15.7. The third kappa shape index (κ3) is 3.70. The predicted octanol–water partition coefficient (Wildman–Crippen LogP) is 4.72. The van der Waals surface area contributed by atoms with E-state index in [0.717, 1.165) is 16.3 Å². The first-order chi connectivity index (χ1) is 9.93. The van der Waals surface area contributed by atoms with Crippen molar-refractivity contribution in [3.63, 3.8) is 0 Å². The second-order valence-corrected chi connectivity index (χ2v) is 6.67. The van der Waals surface area contributed by atoms with E-state index in [1.807, 2.05) is 42.5 Å². The van der Waals surface area contributed by atoms with Gasteiger partial charge in [0.05, 0.1) is 0 Å². The molecule has 0 spiro atoms. The van der Waals surface area contributed by atoms with Crippen molar-refractivity contribution < 1.29 is 9.53 Å². The number of Topliss-reactive ketones (excluding diaryl/α,β-unsaturated/α-hetero) is 1. The molecule has 0 aromatic heterocycles. The van der Waals surface area contributed by atoms with Crippen LogP contribution in [0.3, 0.4) is 0 Å². The summed E-state index contributed by atoms with van der Waals surface area (Å²) in [6.07, 6.45) is 0.519. The van der Waals surface area contributed by atoms with Gasteiger partial charge in [-0.15, -0.1) is 0 Å². The van der Waals surface area contributed by atoms with Crippen LogP contribution in [0.25, 0.3) is 10.8 Å². The minimum absolute atomic E-state index is 0.0518. The molecule has 1 atom stereocenters. The Morgan fingerprint density at radius 2 is 1.76 bits per heavy atom. The van der Waals surface area contributed by atoms with Gasteiger partial charge < -0.3 is 4.74 Å². The molecular formula is C19H24O2. The Kier molecular flexibility index (Phi) is 4.79. The molecule has 0 radical (unpaired) electrons. The van der Waals surface area contributed by atoms with E-state index in [2.05, 4.69) is 20.8 Å². The number of methoxy groups -OCH3 is 1. The summed E-state index contributed by atoms with van der Waals surface area (Å²) in [5.74, 6) is 0.415. The maximum atomic E-state index is 12.7. The first-order valence-electron chi connectivity index (χ1n) is 7.43. The third-order valence-corrected chi connectivity index (χ3v) is 4.11. The van der Waals surface area contributed by atoms with Crippen molar-refractivity contribution in [1.29, 1.82) is 0 Å². The number of benzene rings is 2. The normalized spacial score (nSPS) is 13.3. The van der Waals surface area contributed by atoms with Gasteiger partial charge in [-0.05, 0) is 22.1 Å². The maximum absolute atomic E-state index is 12.7. The van der Waals surface area contributed by atoms with Gasteiger partial charge in [-0.3, -0.25) is 4.79 Å². The number of hydrogen-bond donors (Lipinski definition) is 0. The van der Waals surface area contributed by atoms with E-state index < -0.39 is 0 Å². The molecule has 0 bridgehead atoms. The van der Waals surface area contributed by atoms with Gasteiger partial charge in [0, 0.05) is 25.7 Å². The summed E-state index contributed by atoms with van der Waals surface area (Å²) in [5.41, 5.74) is 0.870. The summed E-state index contributed by atoms with van der Waals surface area (Å²) in [4.78, 5) is 12.7. The molecule has 2 aromatic carbocycles. The minimum atomic E-state index is 0.0518. The van der Waals surface area contributed by atoms with Gasteiger partial charge in [-0.2, -0.15) is 0 Å². The lowest BCUT2D eigenvalue weighted by Gasteiger charge is -2.29. The Morgan fingerprint density at radius 3 is 2.43 bits per heavy atom. The Bertz CT molecular complexity index is 617. The lowest BCUT2D eigenvalue weighted by atomic mass is 9.77. The zero-order chi connectivity index (χ0) is 15.5. The molecule has 21 heavy (non-hydrogen) atoms. The van der Waals surface area contributed by atoms with E-state index >= 15 is 0 Å². The SMILES string of the molecule is COCC(CC(=O)c1cccc2ccccc12)C(C)(C)C. The number of carbonyl (C=O) groups excluding carboxylic acids is 1. The second-order valence-electron chi connectivity index (χ2n) is 6.67. The summed E-state index contributed by atoms with van der Waals surface area (Å²) in [6.45, 7) is 7.09. The Morgan fingerprint density at radius 1 is 1.10 bits per heavy atom. The predicted molar refractivity (Wildman–Crippen MR) is 87.7 cm³/mol. The smallest absolute Gasteiger partial charge is 0.163 e. The van der Waals surface area contributed by atoms with Gasteiger partial charge >= 0.3 is 0 Å². The zero-order valence-electron chi connectivity index (χ0n) is 13.3. The highest BCUT2D eigenvalue weighted by molar-refractivity contribution is 6.08. The van der Waals surface area contributed by atoms with Crippen molar-refractivity contribution in [3.05, 3.63) is 48.0 Å². The molecular weight excluding hydrogens is 260 g/mol. The fraction of sp³-hybridized carbons (Fsp3) is 0.421. The molecule has 0 saturated heterocycles. The van der Waals surface area contributed by atoms with Gasteiger partial charge in [0.2, 0.25) is 0 Å². The van der Waals surface area contributed by atoms with Crippen molar-refractivity contribution in [2.45, 2.75) is 27.2 Å². The molecule has 2 nitrogen and oxygen atoms in total. The third-order valence-electron chi connectivity index (χ3n) is 4.11. The molecule has 0 heterocycles. The fourth-order valence-electron chi connectivity index (χ4n) is 2.62. The second kappa shape index (κ2) is 6.40. The maximum Gasteiger partial charge on any atom is 0.163 e. The summed E-state index contributed by atoms with van der Waals surface area (Å²) in [7, 11) is 1.70. The molecule has 2 rings (SSSR count). The molecule has 0 aliphatic heterocycles. The van der Waals surface area contributed by atoms with E-state index in [9.17, 15) is 4.79 Å². The number of fused-ring (bicyclic) bond motifs is 1. The molecule has 1 unspecified atom stereocenters. The molecule has 0 N–H and O–H groups in total. The van der Waals surface area contributed by atoms with E-state index in [0.29, 0.717) is 13.0 Å². The highest BCUT2D eigenvalue weighted by atomic mass is 16.5. The number of rotatable bonds is 5. The van der Waals surface area contributed by atoms with Crippen LogP contribution < -0.4 is 0 Å². The molecule has 2 heteroatoms. The van der Waals surface area contributed by atoms with Gasteiger partial charge in [0.25, 0.3) is 0 Å². The average molecular weight is 284 g/mol. The fourth-order valence-corrected chi connectivity index (χ4v) is 2.62. The molecule has 0 aliphatic rings. The van der Waals surface area contributed by atoms with E-state index in [-0.39, 0.29) is 17.1 Å². The highest BCUT2D eigenvalue weighted by Gasteiger charge is 2.27. The number of ether oxygens (including phenoxy) is 1. The van der Waals surface area contributed by atoms with Crippen LogP contribution in [-0.4, -0.2) is 19.5 Å². The van der Waals surface area contributed by atoms with Crippen molar-refractivity contribution in [3.8, 4) is 0 Å². The van der Waals surface area contributed by atoms with Crippen LogP contribution in [0.15, 0.2) is 42.5 Å². The van der Waals surface area contributed by atoms with E-state index in [1.165, 1.54) is 0 Å². The van der Waals surface area contributed by atoms with Crippen LogP contribution in [0.1, 0.15) is 37.6 Å². The Balaban J connectivity index is 2.30. The topological polar surface area (TPSA) is 26.3 Å². The first-order valence-corrected chi connectivity index (χ1v) is 7.43. The minimum Gasteiger partial charge on any atom is -0.384 e. The van der Waals surface area contributed by atoms with Gasteiger partial charge in [0.1, 0.15) is 0 Å². The quantitative estimate of drug-likeness (QED) is 0.742. The highest BCUT2D eigenvalue weighted by Crippen LogP contribution is 2.31. The number of ketones is 1. The van der Waals surface area contributed by atoms with Gasteiger partial charge in [-0.25, -0.2) is 0 Å². The Labute approximate surface area is 127 Å². The Hall–Kier alpha value is -1.67. The van der Waals surface area contributed by atoms with Crippen molar-refractivity contribution in [2.24, 2.45) is 11.3 Å². The van der Waals surface area contributed by atoms with Crippen molar-refractivity contribution in [1.82, 2.24) is 0 Å². The van der Waals surface area contributed by atoms with Gasteiger partial charge in [0.15, 0.2) is 5.78 Å². The molecule has 0 fully saturated rings. The monoisotopic (exact) mass is 284 g/mol. The molecule has 2 aromatic rings. The van der Waals surface area contributed by atoms with Crippen LogP contribution >= 0.6 is 0 Å². The van der Waals surface area contributed by atoms with E-state index in [4.69, 9.17) is 4.74 Å². The zero-order valence-corrected chi connectivity index (χ0v) is 13.3. The summed E-state index contributed by atoms with van der Waals surface area (Å²) in [5, 5.41) is 2.15. The summed E-state index contributed by atoms with van der Waals surface area (Å²) in [6, 6.07) is 14.0. The largest absolute Gasteiger partial charge is 0.384 e. The molecule has 0 saturated carbocycles. The summed E-state index contributed by atoms with van der Waals surface area (Å²) >= 11 is 0. The molecule has 0 amide bonds. The standard InChI is InChI=1S/C19H24O2/c1-19(2,3)15(13-21-4)12-18(20)17-11-7-9-14-8-5-6-10-16(14)17/h5-11,15H,12-13H2,1-4H3. The molecule has 112 valence electrons. The lowest BCUT2D eigenvalue weighted by molar-refractivity contribution is 0.0695. The van der Waals surface area contributed by atoms with Crippen molar-refractivity contribution >= 4 is 16.6 Å². The van der Waals surface area contributed by atoms with Crippen LogP contribution in [-0.2, 0) is 4.74 Å². The van der Waals surface area contributed by atoms with Crippen LogP contribution in [0, 0.1) is 11.3 Å². The number of carbonyl (C=O) groups is 1. The van der Waals surface area contributed by atoms with E-state index in [1.54, 1.807) is 7.11 Å². The molecule has 0 aliphatic carbocycles. The summed E-state index contributed by atoms with van der Waals surface area (Å²) < 4.78 is 5.30.